The molecule has 0 saturated carbocycles. The van der Waals surface area contributed by atoms with E-state index in [9.17, 15) is 9.59 Å². The van der Waals surface area contributed by atoms with Gasteiger partial charge in [0.2, 0.25) is 0 Å². The van der Waals surface area contributed by atoms with E-state index in [0.29, 0.717) is 23.0 Å². The molecule has 37 heavy (non-hydrogen) atoms. The molecule has 3 N–H and O–H groups in total. The maximum atomic E-state index is 12.1. The molecule has 192 valence electrons. The van der Waals surface area contributed by atoms with Crippen LogP contribution >= 0.6 is 0 Å². The number of nitrogens with zero attached hydrogens (tertiary/aromatic N) is 2. The van der Waals surface area contributed by atoms with Crippen molar-refractivity contribution in [3.8, 4) is 17.1 Å². The fourth-order valence-corrected chi connectivity index (χ4v) is 3.48. The number of ether oxygens (including phenoxy) is 1. The summed E-state index contributed by atoms with van der Waals surface area (Å²) in [5.74, 6) is 1.29. The second-order valence-electron chi connectivity index (χ2n) is 9.39. The molecule has 0 bridgehead atoms. The Hall–Kier alpha value is -4.46. The van der Waals surface area contributed by atoms with Crippen molar-refractivity contribution in [3.05, 3.63) is 84.1 Å². The summed E-state index contributed by atoms with van der Waals surface area (Å²) < 4.78 is 5.71. The van der Waals surface area contributed by atoms with Crippen molar-refractivity contribution in [1.82, 2.24) is 20.6 Å². The van der Waals surface area contributed by atoms with Crippen LogP contribution in [0, 0.1) is 6.92 Å². The zero-order valence-electron chi connectivity index (χ0n) is 21.9. The number of hydrogen-bond acceptors (Lipinski definition) is 6. The molecule has 3 aromatic rings. The van der Waals surface area contributed by atoms with Crippen LogP contribution in [0.3, 0.4) is 0 Å². The van der Waals surface area contributed by atoms with Crippen molar-refractivity contribution >= 4 is 29.4 Å². The van der Waals surface area contributed by atoms with Gasteiger partial charge in [-0.1, -0.05) is 30.9 Å². The van der Waals surface area contributed by atoms with E-state index < -0.39 is 0 Å². The SMILES string of the molecule is C=C/C=C\c1c(C)nc(-c2cccc(OCC(=O)NC(C)(C)C)c2)nc1Nc1ccc(C(=O)NC)cc1. The lowest BCUT2D eigenvalue weighted by Crippen LogP contribution is -2.43. The lowest BCUT2D eigenvalue weighted by atomic mass is 10.1. The highest BCUT2D eigenvalue weighted by atomic mass is 16.5. The molecule has 2 aromatic carbocycles. The van der Waals surface area contributed by atoms with Crippen LogP contribution in [0.15, 0.2) is 67.3 Å². The summed E-state index contributed by atoms with van der Waals surface area (Å²) in [6.07, 6.45) is 5.40. The largest absolute Gasteiger partial charge is 0.484 e. The van der Waals surface area contributed by atoms with Gasteiger partial charge in [0.05, 0.1) is 5.69 Å². The lowest BCUT2D eigenvalue weighted by molar-refractivity contribution is -0.124. The lowest BCUT2D eigenvalue weighted by Gasteiger charge is -2.20. The van der Waals surface area contributed by atoms with Crippen molar-refractivity contribution in [2.24, 2.45) is 0 Å². The fourth-order valence-electron chi connectivity index (χ4n) is 3.48. The van der Waals surface area contributed by atoms with Crippen LogP contribution in [0.25, 0.3) is 17.5 Å². The zero-order chi connectivity index (χ0) is 27.0. The Morgan fingerprint density at radius 1 is 1.08 bits per heavy atom. The summed E-state index contributed by atoms with van der Waals surface area (Å²) in [4.78, 5) is 33.5. The van der Waals surface area contributed by atoms with Gasteiger partial charge in [-0.2, -0.15) is 0 Å². The maximum absolute atomic E-state index is 12.1. The number of benzene rings is 2. The Labute approximate surface area is 217 Å². The summed E-state index contributed by atoms with van der Waals surface area (Å²) in [6.45, 7) is 11.3. The Morgan fingerprint density at radius 3 is 2.46 bits per heavy atom. The molecule has 0 unspecified atom stereocenters. The topological polar surface area (TPSA) is 105 Å². The van der Waals surface area contributed by atoms with Crippen molar-refractivity contribution < 1.29 is 14.3 Å². The predicted molar refractivity (Wildman–Crippen MR) is 148 cm³/mol. The maximum Gasteiger partial charge on any atom is 0.258 e. The van der Waals surface area contributed by atoms with E-state index in [4.69, 9.17) is 14.7 Å². The average Bonchev–Trinajstić information content (AvgIpc) is 2.86. The molecule has 0 spiro atoms. The molecule has 0 atom stereocenters. The summed E-state index contributed by atoms with van der Waals surface area (Å²) in [5.41, 5.74) is 3.32. The van der Waals surface area contributed by atoms with E-state index in [1.165, 1.54) is 0 Å². The molecule has 8 heteroatoms. The van der Waals surface area contributed by atoms with Gasteiger partial charge in [-0.05, 0) is 70.2 Å². The van der Waals surface area contributed by atoms with Crippen LogP contribution in [0.2, 0.25) is 0 Å². The van der Waals surface area contributed by atoms with Gasteiger partial charge in [-0.3, -0.25) is 9.59 Å². The standard InChI is InChI=1S/C29H33N5O3/c1-7-8-12-24-19(2)31-26(33-27(24)32-22-15-13-20(14-16-22)28(36)30-6)21-10-9-11-23(17-21)37-18-25(35)34-29(3,4)5/h7-17H,1,18H2,2-6H3,(H,30,36)(H,34,35)(H,31,32,33)/b12-8-. The van der Waals surface area contributed by atoms with Gasteiger partial charge in [0.25, 0.3) is 11.8 Å². The molecule has 0 radical (unpaired) electrons. The number of nitrogens with one attached hydrogen (secondary N) is 3. The number of aromatic nitrogens is 2. The second kappa shape index (κ2) is 12.0. The van der Waals surface area contributed by atoms with E-state index in [2.05, 4.69) is 22.5 Å². The third-order valence-corrected chi connectivity index (χ3v) is 5.15. The van der Waals surface area contributed by atoms with Crippen LogP contribution in [0.1, 0.15) is 42.4 Å². The Morgan fingerprint density at radius 2 is 1.81 bits per heavy atom. The highest BCUT2D eigenvalue weighted by Crippen LogP contribution is 2.28. The molecule has 0 fully saturated rings. The molecule has 0 aliphatic heterocycles. The predicted octanol–water partition coefficient (Wildman–Crippen LogP) is 5.05. The Bertz CT molecular complexity index is 1310. The highest BCUT2D eigenvalue weighted by Gasteiger charge is 2.15. The molecule has 1 heterocycles. The Kier molecular flexibility index (Phi) is 8.79. The third-order valence-electron chi connectivity index (χ3n) is 5.15. The summed E-state index contributed by atoms with van der Waals surface area (Å²) in [6, 6.07) is 14.4. The minimum absolute atomic E-state index is 0.0925. The molecule has 2 amide bonds. The smallest absolute Gasteiger partial charge is 0.258 e. The van der Waals surface area contributed by atoms with Crippen LogP contribution in [0.5, 0.6) is 5.75 Å². The first kappa shape index (κ1) is 27.1. The zero-order valence-corrected chi connectivity index (χ0v) is 21.9. The first-order valence-corrected chi connectivity index (χ1v) is 11.9. The van der Waals surface area contributed by atoms with Crippen molar-refractivity contribution in [2.75, 3.05) is 19.0 Å². The number of allylic oxidation sites excluding steroid dienone is 2. The van der Waals surface area contributed by atoms with Crippen LogP contribution < -0.4 is 20.7 Å². The van der Waals surface area contributed by atoms with Gasteiger partial charge >= 0.3 is 0 Å². The first-order chi connectivity index (χ1) is 17.6. The van der Waals surface area contributed by atoms with Crippen molar-refractivity contribution in [3.63, 3.8) is 0 Å². The minimum atomic E-state index is -0.332. The molecule has 3 rings (SSSR count). The van der Waals surface area contributed by atoms with Gasteiger partial charge in [-0.25, -0.2) is 9.97 Å². The number of rotatable bonds is 9. The van der Waals surface area contributed by atoms with E-state index >= 15 is 0 Å². The molecular formula is C29H33N5O3. The number of carbonyl (C=O) groups excluding carboxylic acids is 2. The van der Waals surface area contributed by atoms with E-state index in [1.54, 1.807) is 37.4 Å². The van der Waals surface area contributed by atoms with Crippen LogP contribution in [-0.4, -0.2) is 41.0 Å². The van der Waals surface area contributed by atoms with Crippen molar-refractivity contribution in [1.29, 1.82) is 0 Å². The van der Waals surface area contributed by atoms with Crippen LogP contribution in [-0.2, 0) is 4.79 Å². The van der Waals surface area contributed by atoms with E-state index in [-0.39, 0.29) is 24.0 Å². The van der Waals surface area contributed by atoms with Gasteiger partial charge in [0, 0.05) is 35.0 Å². The van der Waals surface area contributed by atoms with E-state index in [1.807, 2.05) is 64.1 Å². The molecule has 0 saturated heterocycles. The number of hydrogen-bond donors (Lipinski definition) is 3. The normalized spacial score (nSPS) is 11.2. The van der Waals surface area contributed by atoms with Crippen molar-refractivity contribution in [2.45, 2.75) is 33.2 Å². The number of aryl methyl sites for hydroxylation is 1. The van der Waals surface area contributed by atoms with Gasteiger partial charge in [-0.15, -0.1) is 0 Å². The quantitative estimate of drug-likeness (QED) is 0.356. The summed E-state index contributed by atoms with van der Waals surface area (Å²) >= 11 is 0. The monoisotopic (exact) mass is 499 g/mol. The second-order valence-corrected chi connectivity index (χ2v) is 9.39. The van der Waals surface area contributed by atoms with E-state index in [0.717, 1.165) is 22.5 Å². The number of anilines is 2. The van der Waals surface area contributed by atoms with Gasteiger partial charge in [0.15, 0.2) is 12.4 Å². The number of carbonyl (C=O) groups is 2. The summed E-state index contributed by atoms with van der Waals surface area (Å²) in [7, 11) is 1.60. The molecular weight excluding hydrogens is 466 g/mol. The molecule has 0 aliphatic carbocycles. The Balaban J connectivity index is 1.90. The fraction of sp³-hybridized carbons (Fsp3) is 0.241. The number of amides is 2. The highest BCUT2D eigenvalue weighted by molar-refractivity contribution is 5.94. The van der Waals surface area contributed by atoms with Crippen LogP contribution in [0.4, 0.5) is 11.5 Å². The minimum Gasteiger partial charge on any atom is -0.484 e. The summed E-state index contributed by atoms with van der Waals surface area (Å²) in [5, 5.41) is 8.83. The average molecular weight is 500 g/mol. The molecule has 8 nitrogen and oxygen atoms in total. The van der Waals surface area contributed by atoms with Gasteiger partial charge < -0.3 is 20.7 Å². The third kappa shape index (κ3) is 7.76. The molecule has 1 aromatic heterocycles. The van der Waals surface area contributed by atoms with Gasteiger partial charge in [0.1, 0.15) is 11.6 Å². The molecule has 0 aliphatic rings. The first-order valence-electron chi connectivity index (χ1n) is 11.9.